The molecule has 1 fully saturated rings. The predicted molar refractivity (Wildman–Crippen MR) is 91.4 cm³/mol. The maximum absolute atomic E-state index is 12.3. The van der Waals surface area contributed by atoms with Crippen molar-refractivity contribution in [2.45, 2.75) is 43.0 Å². The highest BCUT2D eigenvalue weighted by atomic mass is 32.2. The third-order valence-electron chi connectivity index (χ3n) is 4.21. The van der Waals surface area contributed by atoms with Crippen LogP contribution in [-0.2, 0) is 14.8 Å². The van der Waals surface area contributed by atoms with Crippen LogP contribution in [0.15, 0.2) is 35.2 Å². The molecule has 0 heterocycles. The molecule has 24 heavy (non-hydrogen) atoms. The first-order valence-corrected chi connectivity index (χ1v) is 9.63. The lowest BCUT2D eigenvalue weighted by atomic mass is 10.1. The van der Waals surface area contributed by atoms with Gasteiger partial charge in [0.25, 0.3) is 0 Å². The molecule has 7 heteroatoms. The van der Waals surface area contributed by atoms with Gasteiger partial charge in [-0.1, -0.05) is 12.2 Å². The quantitative estimate of drug-likeness (QED) is 0.740. The maximum Gasteiger partial charge on any atom is 0.240 e. The van der Waals surface area contributed by atoms with Crippen LogP contribution >= 0.6 is 0 Å². The van der Waals surface area contributed by atoms with E-state index in [9.17, 15) is 13.2 Å². The van der Waals surface area contributed by atoms with E-state index in [0.29, 0.717) is 17.9 Å². The lowest BCUT2D eigenvalue weighted by Gasteiger charge is -2.14. The Balaban J connectivity index is 1.76. The number of carbonyl (C=O) groups excluding carboxylic acids is 1. The van der Waals surface area contributed by atoms with Crippen molar-refractivity contribution in [1.29, 1.82) is 0 Å². The highest BCUT2D eigenvalue weighted by molar-refractivity contribution is 7.89. The molecule has 0 bridgehead atoms. The zero-order valence-electron chi connectivity index (χ0n) is 13.6. The Labute approximate surface area is 142 Å². The van der Waals surface area contributed by atoms with E-state index >= 15 is 0 Å². The number of sulfonamides is 1. The Morgan fingerprint density at radius 3 is 2.71 bits per heavy atom. The summed E-state index contributed by atoms with van der Waals surface area (Å²) in [6, 6.07) is 4.53. The fourth-order valence-corrected chi connectivity index (χ4v) is 4.08. The van der Waals surface area contributed by atoms with Crippen LogP contribution in [0.1, 0.15) is 32.1 Å². The molecule has 130 valence electrons. The highest BCUT2D eigenvalue weighted by Gasteiger charge is 2.28. The van der Waals surface area contributed by atoms with Gasteiger partial charge in [-0.2, -0.15) is 0 Å². The van der Waals surface area contributed by atoms with Gasteiger partial charge in [0.1, 0.15) is 5.75 Å². The second-order valence-corrected chi connectivity index (χ2v) is 7.99. The largest absolute Gasteiger partial charge is 0.495 e. The minimum absolute atomic E-state index is 0.0318. The van der Waals surface area contributed by atoms with Crippen molar-refractivity contribution >= 4 is 21.6 Å². The lowest BCUT2D eigenvalue weighted by molar-refractivity contribution is -0.116. The molecule has 1 atom stereocenters. The van der Waals surface area contributed by atoms with E-state index in [-0.39, 0.29) is 22.8 Å². The maximum atomic E-state index is 12.3. The third-order valence-corrected chi connectivity index (χ3v) is 5.73. The molecule has 6 nitrogen and oxygen atoms in total. The third kappa shape index (κ3) is 4.15. The topological polar surface area (TPSA) is 84.5 Å². The first-order chi connectivity index (χ1) is 11.5. The molecule has 3 rings (SSSR count). The molecule has 0 spiro atoms. The first kappa shape index (κ1) is 17.0. The summed E-state index contributed by atoms with van der Waals surface area (Å²) in [6.07, 6.45) is 8.23. The zero-order chi connectivity index (χ0) is 17.2. The Bertz CT molecular complexity index is 754. The Kier molecular flexibility index (Phi) is 4.91. The van der Waals surface area contributed by atoms with Crippen LogP contribution in [0.4, 0.5) is 5.69 Å². The average Bonchev–Trinajstić information content (AvgIpc) is 3.19. The number of hydrogen-bond donors (Lipinski definition) is 2. The number of nitrogens with one attached hydrogen (secondary N) is 2. The van der Waals surface area contributed by atoms with Gasteiger partial charge in [0, 0.05) is 12.5 Å². The van der Waals surface area contributed by atoms with Gasteiger partial charge in [-0.15, -0.1) is 0 Å². The molecular formula is C17H22N2O4S. The number of carbonyl (C=O) groups is 1. The fraction of sp³-hybridized carbons (Fsp3) is 0.471. The summed E-state index contributed by atoms with van der Waals surface area (Å²) in [7, 11) is -2.08. The first-order valence-electron chi connectivity index (χ1n) is 8.15. The molecule has 1 aromatic carbocycles. The number of ether oxygens (including phenoxy) is 1. The summed E-state index contributed by atoms with van der Waals surface area (Å²) >= 11 is 0. The van der Waals surface area contributed by atoms with Crippen LogP contribution in [-0.4, -0.2) is 27.5 Å². The molecule has 1 saturated carbocycles. The van der Waals surface area contributed by atoms with Crippen molar-refractivity contribution in [1.82, 2.24) is 4.72 Å². The number of amides is 1. The molecule has 1 aromatic rings. The number of benzene rings is 1. The van der Waals surface area contributed by atoms with Crippen molar-refractivity contribution in [3.05, 3.63) is 30.4 Å². The molecule has 0 saturated heterocycles. The van der Waals surface area contributed by atoms with Crippen molar-refractivity contribution < 1.29 is 17.9 Å². The van der Waals surface area contributed by atoms with E-state index < -0.39 is 10.0 Å². The minimum atomic E-state index is -3.57. The molecular weight excluding hydrogens is 328 g/mol. The second kappa shape index (κ2) is 6.94. The molecule has 2 aliphatic rings. The molecule has 0 aromatic heterocycles. The van der Waals surface area contributed by atoms with E-state index in [4.69, 9.17) is 4.74 Å². The smallest absolute Gasteiger partial charge is 0.240 e. The van der Waals surface area contributed by atoms with Gasteiger partial charge < -0.3 is 10.1 Å². The van der Waals surface area contributed by atoms with Gasteiger partial charge in [0.05, 0.1) is 17.7 Å². The Morgan fingerprint density at radius 2 is 2.08 bits per heavy atom. The summed E-state index contributed by atoms with van der Waals surface area (Å²) < 4.78 is 32.5. The van der Waals surface area contributed by atoms with E-state index in [1.54, 1.807) is 6.07 Å². The van der Waals surface area contributed by atoms with Crippen LogP contribution in [0.2, 0.25) is 0 Å². The van der Waals surface area contributed by atoms with Gasteiger partial charge in [-0.05, 0) is 49.8 Å². The van der Waals surface area contributed by atoms with E-state index in [1.807, 2.05) is 0 Å². The fourth-order valence-electron chi connectivity index (χ4n) is 2.75. The van der Waals surface area contributed by atoms with E-state index in [2.05, 4.69) is 22.2 Å². The minimum Gasteiger partial charge on any atom is -0.495 e. The van der Waals surface area contributed by atoms with Crippen LogP contribution in [0, 0.1) is 5.92 Å². The number of methoxy groups -OCH3 is 1. The van der Waals surface area contributed by atoms with Crippen molar-refractivity contribution in [2.24, 2.45) is 5.92 Å². The number of anilines is 1. The molecule has 0 unspecified atom stereocenters. The van der Waals surface area contributed by atoms with Crippen molar-refractivity contribution in [3.8, 4) is 5.75 Å². The summed E-state index contributed by atoms with van der Waals surface area (Å²) in [5.41, 5.74) is 0.378. The van der Waals surface area contributed by atoms with Crippen molar-refractivity contribution in [3.63, 3.8) is 0 Å². The van der Waals surface area contributed by atoms with Crippen LogP contribution < -0.4 is 14.8 Å². The monoisotopic (exact) mass is 350 g/mol. The van der Waals surface area contributed by atoms with Crippen LogP contribution in [0.5, 0.6) is 5.75 Å². The van der Waals surface area contributed by atoms with E-state index in [0.717, 1.165) is 25.7 Å². The number of rotatable bonds is 7. The zero-order valence-corrected chi connectivity index (χ0v) is 14.4. The van der Waals surface area contributed by atoms with Gasteiger partial charge in [-0.3, -0.25) is 4.79 Å². The summed E-state index contributed by atoms with van der Waals surface area (Å²) in [6.45, 7) is 0. The molecule has 0 aliphatic heterocycles. The van der Waals surface area contributed by atoms with Gasteiger partial charge >= 0.3 is 0 Å². The molecule has 2 N–H and O–H groups in total. The average molecular weight is 350 g/mol. The predicted octanol–water partition coefficient (Wildman–Crippen LogP) is 2.43. The summed E-state index contributed by atoms with van der Waals surface area (Å²) in [5, 5.41) is 2.78. The molecule has 2 aliphatic carbocycles. The Morgan fingerprint density at radius 1 is 1.29 bits per heavy atom. The number of hydrogen-bond acceptors (Lipinski definition) is 4. The van der Waals surface area contributed by atoms with Crippen molar-refractivity contribution in [2.75, 3.05) is 12.4 Å². The summed E-state index contributed by atoms with van der Waals surface area (Å²) in [4.78, 5) is 12.4. The molecule has 0 radical (unpaired) electrons. The number of allylic oxidation sites excluding steroid dienone is 2. The van der Waals surface area contributed by atoms with Crippen LogP contribution in [0.25, 0.3) is 0 Å². The normalized spacial score (nSPS) is 20.1. The Hall–Kier alpha value is -1.86. The lowest BCUT2D eigenvalue weighted by Crippen LogP contribution is -2.26. The summed E-state index contributed by atoms with van der Waals surface area (Å²) in [5.74, 6) is 0.546. The second-order valence-electron chi connectivity index (χ2n) is 6.28. The highest BCUT2D eigenvalue weighted by Crippen LogP contribution is 2.30. The van der Waals surface area contributed by atoms with Gasteiger partial charge in [0.15, 0.2) is 0 Å². The SMILES string of the molecule is COc1ccc(S(=O)(=O)NC2CC2)cc1NC(=O)C[C@@H]1C=CCC1. The van der Waals surface area contributed by atoms with Gasteiger partial charge in [0.2, 0.25) is 15.9 Å². The standard InChI is InChI=1S/C17H22N2O4S/c1-23-16-9-8-14(24(21,22)19-13-6-7-13)11-15(16)18-17(20)10-12-4-2-3-5-12/h2,4,8-9,11-13,19H,3,5-7,10H2,1H3,(H,18,20)/t12-/m1/s1. The van der Waals surface area contributed by atoms with Gasteiger partial charge in [-0.25, -0.2) is 13.1 Å². The molecule has 1 amide bonds. The van der Waals surface area contributed by atoms with Crippen LogP contribution in [0.3, 0.4) is 0 Å². The van der Waals surface area contributed by atoms with E-state index in [1.165, 1.54) is 19.2 Å².